The van der Waals surface area contributed by atoms with E-state index in [-0.39, 0.29) is 19.0 Å². The topological polar surface area (TPSA) is 113 Å². The molecule has 1 saturated heterocycles. The second kappa shape index (κ2) is 8.35. The fraction of sp³-hybridized carbons (Fsp3) is 0.409. The van der Waals surface area contributed by atoms with Gasteiger partial charge in [-0.25, -0.2) is 9.50 Å². The van der Waals surface area contributed by atoms with Crippen LogP contribution in [-0.4, -0.2) is 52.0 Å². The molecule has 3 aromatic rings. The molecule has 4 heterocycles. The Morgan fingerprint density at radius 2 is 2.10 bits per heavy atom. The summed E-state index contributed by atoms with van der Waals surface area (Å²) in [6.07, 6.45) is 4.52. The smallest absolute Gasteiger partial charge is 0.138 e. The number of ether oxygens (including phenoxy) is 1. The molecule has 4 atom stereocenters. The van der Waals surface area contributed by atoms with Crippen LogP contribution in [0.15, 0.2) is 36.8 Å². The summed E-state index contributed by atoms with van der Waals surface area (Å²) in [6, 6.07) is 8.12. The largest absolute Gasteiger partial charge is 0.489 e. The number of aliphatic hydroxyl groups excluding tert-OH is 1. The number of hydrogen-bond acceptors (Lipinski definition) is 7. The molecule has 0 radical (unpaired) electrons. The van der Waals surface area contributed by atoms with E-state index in [9.17, 15) is 10.4 Å². The number of rotatable bonds is 6. The van der Waals surface area contributed by atoms with Gasteiger partial charge in [0.15, 0.2) is 0 Å². The molecule has 9 heteroatoms. The maximum atomic E-state index is 9.53. The average molecular weight is 441 g/mol. The summed E-state index contributed by atoms with van der Waals surface area (Å²) >= 11 is 0. The number of fused-ring (bicyclic) bond motifs is 2. The number of aliphatic hydroxyl groups is 1. The maximum absolute atomic E-state index is 9.53. The summed E-state index contributed by atoms with van der Waals surface area (Å²) in [7, 11) is 0. The van der Waals surface area contributed by atoms with Gasteiger partial charge in [-0.05, 0) is 49.4 Å². The Morgan fingerprint density at radius 1 is 1.32 bits per heavy atom. The molecule has 0 bridgehead atoms. The predicted octanol–water partition coefficient (Wildman–Crippen LogP) is 2.09. The normalized spacial score (nSPS) is 22.5. The van der Waals surface area contributed by atoms with Gasteiger partial charge in [0.1, 0.15) is 24.2 Å². The van der Waals surface area contributed by atoms with Crippen LogP contribution in [0.2, 0.25) is 0 Å². The lowest BCUT2D eigenvalue weighted by molar-refractivity contribution is 0.122. The number of hydrogen-bond donors (Lipinski definition) is 2. The zero-order chi connectivity index (χ0) is 20.8. The first-order valence-electron chi connectivity index (χ1n) is 10.2. The standard InChI is InChI=1S/C22H24N6O2.ClH/c1-13(29)12-30-16-4-17(22-15(5-23)8-26-28(22)9-16)14-2-3-21(25-7-14)27-10-19-18(6-24)20(19)11-27;/h2-4,7-9,13,18-20,29H,6,10-12,24H2,1H3;1H/t13?,18?,19-,20+;. The third-order valence-corrected chi connectivity index (χ3v) is 6.22. The third-order valence-electron chi connectivity index (χ3n) is 6.22. The highest BCUT2D eigenvalue weighted by Crippen LogP contribution is 2.51. The van der Waals surface area contributed by atoms with Crippen molar-refractivity contribution in [2.45, 2.75) is 13.0 Å². The van der Waals surface area contributed by atoms with Crippen LogP contribution >= 0.6 is 12.4 Å². The van der Waals surface area contributed by atoms with Gasteiger partial charge in [-0.2, -0.15) is 10.4 Å². The fourth-order valence-electron chi connectivity index (χ4n) is 4.61. The highest BCUT2D eigenvalue weighted by molar-refractivity contribution is 5.85. The van der Waals surface area contributed by atoms with Gasteiger partial charge in [0.2, 0.25) is 0 Å². The number of aromatic nitrogens is 3. The molecular formula is C22H25ClN6O2. The van der Waals surface area contributed by atoms with E-state index in [0.717, 1.165) is 36.6 Å². The first kappa shape index (κ1) is 21.4. The molecule has 3 N–H and O–H groups in total. The van der Waals surface area contributed by atoms with Gasteiger partial charge in [-0.15, -0.1) is 12.4 Å². The quantitative estimate of drug-likeness (QED) is 0.603. The van der Waals surface area contributed by atoms with Gasteiger partial charge in [0.25, 0.3) is 0 Å². The van der Waals surface area contributed by atoms with Crippen LogP contribution in [0.25, 0.3) is 16.6 Å². The summed E-state index contributed by atoms with van der Waals surface area (Å²) in [4.78, 5) is 7.02. The Morgan fingerprint density at radius 3 is 2.71 bits per heavy atom. The van der Waals surface area contributed by atoms with Gasteiger partial charge < -0.3 is 20.5 Å². The highest BCUT2D eigenvalue weighted by atomic mass is 35.5. The van der Waals surface area contributed by atoms with E-state index in [1.807, 2.05) is 24.4 Å². The monoisotopic (exact) mass is 440 g/mol. The minimum absolute atomic E-state index is 0. The van der Waals surface area contributed by atoms with Crippen molar-refractivity contribution in [1.29, 1.82) is 5.26 Å². The Hall–Kier alpha value is -2.86. The van der Waals surface area contributed by atoms with Crippen molar-refractivity contribution >= 4 is 23.7 Å². The number of piperidine rings is 1. The van der Waals surface area contributed by atoms with Crippen molar-refractivity contribution in [3.05, 3.63) is 42.4 Å². The van der Waals surface area contributed by atoms with Crippen LogP contribution < -0.4 is 15.4 Å². The zero-order valence-corrected chi connectivity index (χ0v) is 18.0. The number of pyridine rings is 2. The van der Waals surface area contributed by atoms with E-state index in [0.29, 0.717) is 34.6 Å². The van der Waals surface area contributed by atoms with Crippen molar-refractivity contribution in [2.75, 3.05) is 31.1 Å². The lowest BCUT2D eigenvalue weighted by atomic mass is 10.1. The first-order chi connectivity index (χ1) is 14.6. The van der Waals surface area contributed by atoms with E-state index in [1.54, 1.807) is 23.8 Å². The minimum Gasteiger partial charge on any atom is -0.489 e. The third kappa shape index (κ3) is 3.81. The van der Waals surface area contributed by atoms with E-state index in [2.05, 4.69) is 16.1 Å². The fourth-order valence-corrected chi connectivity index (χ4v) is 4.61. The molecule has 3 aromatic heterocycles. The molecule has 1 aliphatic carbocycles. The molecule has 5 rings (SSSR count). The number of nitrogens with zero attached hydrogens (tertiary/aromatic N) is 5. The lowest BCUT2D eigenvalue weighted by Crippen LogP contribution is -2.26. The van der Waals surface area contributed by atoms with E-state index >= 15 is 0 Å². The Bertz CT molecular complexity index is 1110. The Balaban J connectivity index is 0.00000231. The van der Waals surface area contributed by atoms with Gasteiger partial charge in [-0.3, -0.25) is 0 Å². The molecule has 8 nitrogen and oxygen atoms in total. The molecule has 0 spiro atoms. The Kier molecular flexibility index (Phi) is 5.75. The molecule has 2 unspecified atom stereocenters. The van der Waals surface area contributed by atoms with E-state index in [4.69, 9.17) is 15.5 Å². The van der Waals surface area contributed by atoms with Crippen LogP contribution in [0.1, 0.15) is 12.5 Å². The van der Waals surface area contributed by atoms with Gasteiger partial charge in [-0.1, -0.05) is 0 Å². The van der Waals surface area contributed by atoms with Crippen LogP contribution in [0.3, 0.4) is 0 Å². The van der Waals surface area contributed by atoms with Crippen LogP contribution in [0.5, 0.6) is 5.75 Å². The van der Waals surface area contributed by atoms with Crippen LogP contribution in [-0.2, 0) is 0 Å². The number of nitrogens with two attached hydrogens (primary N) is 1. The molecule has 1 aliphatic heterocycles. The SMILES string of the molecule is CC(O)COc1cc(-c2ccc(N3C[C@@H]4C(CN)[C@@H]4C3)nc2)c2c(C#N)cnn2c1.Cl. The van der Waals surface area contributed by atoms with E-state index in [1.165, 1.54) is 0 Å². The first-order valence-corrected chi connectivity index (χ1v) is 10.2. The summed E-state index contributed by atoms with van der Waals surface area (Å²) < 4.78 is 7.33. The van der Waals surface area contributed by atoms with Crippen molar-refractivity contribution in [2.24, 2.45) is 23.5 Å². The van der Waals surface area contributed by atoms with Gasteiger partial charge >= 0.3 is 0 Å². The number of nitriles is 1. The van der Waals surface area contributed by atoms with Crippen molar-refractivity contribution in [3.8, 4) is 22.9 Å². The van der Waals surface area contributed by atoms with Crippen molar-refractivity contribution < 1.29 is 9.84 Å². The second-order valence-electron chi connectivity index (χ2n) is 8.25. The molecule has 0 aromatic carbocycles. The van der Waals surface area contributed by atoms with Gasteiger partial charge in [0.05, 0.1) is 29.6 Å². The highest BCUT2D eigenvalue weighted by Gasteiger charge is 2.54. The average Bonchev–Trinajstić information content (AvgIpc) is 3.08. The Labute approximate surface area is 186 Å². The molecule has 0 amide bonds. The lowest BCUT2D eigenvalue weighted by Gasteiger charge is -2.21. The number of halogens is 1. The summed E-state index contributed by atoms with van der Waals surface area (Å²) in [6.45, 7) is 4.67. The molecule has 2 fully saturated rings. The van der Waals surface area contributed by atoms with Crippen molar-refractivity contribution in [3.63, 3.8) is 0 Å². The molecule has 162 valence electrons. The van der Waals surface area contributed by atoms with Crippen molar-refractivity contribution in [1.82, 2.24) is 14.6 Å². The van der Waals surface area contributed by atoms with Gasteiger partial charge in [0, 0.05) is 30.4 Å². The summed E-state index contributed by atoms with van der Waals surface area (Å²) in [5.41, 5.74) is 8.72. The molecule has 1 saturated carbocycles. The molecular weight excluding hydrogens is 416 g/mol. The minimum atomic E-state index is -0.581. The van der Waals surface area contributed by atoms with Crippen LogP contribution in [0, 0.1) is 29.1 Å². The summed E-state index contributed by atoms with van der Waals surface area (Å²) in [5.74, 6) is 3.65. The van der Waals surface area contributed by atoms with E-state index < -0.39 is 6.10 Å². The molecule has 31 heavy (non-hydrogen) atoms. The zero-order valence-electron chi connectivity index (χ0n) is 17.2. The maximum Gasteiger partial charge on any atom is 0.138 e. The predicted molar refractivity (Wildman–Crippen MR) is 119 cm³/mol. The summed E-state index contributed by atoms with van der Waals surface area (Å²) in [5, 5.41) is 23.3. The number of anilines is 1. The van der Waals surface area contributed by atoms with Crippen LogP contribution in [0.4, 0.5) is 5.82 Å². The molecule has 2 aliphatic rings. The second-order valence-corrected chi connectivity index (χ2v) is 8.25.